The molecule has 122 valence electrons. The normalized spacial score (nSPS) is 23.8. The van der Waals surface area contributed by atoms with Gasteiger partial charge in [0.25, 0.3) is 0 Å². The minimum Gasteiger partial charge on any atom is -0.307 e. The molecule has 0 radical (unpaired) electrons. The Morgan fingerprint density at radius 2 is 1.22 bits per heavy atom. The third-order valence-electron chi connectivity index (χ3n) is 4.95. The number of hydrogen-bond acceptors (Lipinski definition) is 1. The molecule has 1 aliphatic heterocycles. The Morgan fingerprint density at radius 1 is 0.739 bits per heavy atom. The lowest BCUT2D eigenvalue weighted by molar-refractivity contribution is 0.162. The van der Waals surface area contributed by atoms with Gasteiger partial charge in [-0.1, -0.05) is 60.7 Å². The molecule has 0 atom stereocenters. The Kier molecular flexibility index (Phi) is 4.33. The maximum absolute atomic E-state index is 3.78. The highest BCUT2D eigenvalue weighted by Crippen LogP contribution is 2.39. The van der Waals surface area contributed by atoms with Gasteiger partial charge in [0.15, 0.2) is 0 Å². The smallest absolute Gasteiger partial charge is 0.0204 e. The van der Waals surface area contributed by atoms with E-state index in [1.807, 2.05) is 0 Å². The fourth-order valence-corrected chi connectivity index (χ4v) is 4.33. The molecule has 0 aromatic heterocycles. The molecule has 0 saturated carbocycles. The molecule has 1 heterocycles. The van der Waals surface area contributed by atoms with Crippen LogP contribution in [0.5, 0.6) is 0 Å². The molecule has 1 aromatic rings. The number of piperidine rings is 1. The summed E-state index contributed by atoms with van der Waals surface area (Å²) in [6, 6.07) is 9.30. The number of nitrogens with one attached hydrogen (secondary N) is 1. The Morgan fingerprint density at radius 3 is 1.74 bits per heavy atom. The van der Waals surface area contributed by atoms with Crippen LogP contribution in [-0.4, -0.2) is 11.1 Å². The van der Waals surface area contributed by atoms with Crippen LogP contribution in [0.2, 0.25) is 0 Å². The monoisotopic (exact) mass is 307 g/mol. The molecule has 0 spiro atoms. The zero-order valence-electron chi connectivity index (χ0n) is 14.8. The molecule has 1 nitrogen and oxygen atoms in total. The average molecular weight is 307 g/mol. The second kappa shape index (κ2) is 6.13. The van der Waals surface area contributed by atoms with Crippen molar-refractivity contribution in [2.24, 2.45) is 0 Å². The topological polar surface area (TPSA) is 12.0 Å². The van der Waals surface area contributed by atoms with E-state index in [1.165, 1.54) is 24.0 Å². The van der Waals surface area contributed by atoms with Gasteiger partial charge in [0.1, 0.15) is 0 Å². The van der Waals surface area contributed by atoms with Crippen molar-refractivity contribution in [3.63, 3.8) is 0 Å². The van der Waals surface area contributed by atoms with Crippen LogP contribution in [0.3, 0.4) is 0 Å². The summed E-state index contributed by atoms with van der Waals surface area (Å²) in [4.78, 5) is 0. The maximum Gasteiger partial charge on any atom is 0.0204 e. The molecule has 1 fully saturated rings. The van der Waals surface area contributed by atoms with Gasteiger partial charge < -0.3 is 5.32 Å². The van der Waals surface area contributed by atoms with Crippen LogP contribution in [0, 0.1) is 0 Å². The summed E-state index contributed by atoms with van der Waals surface area (Å²) < 4.78 is 0. The highest BCUT2D eigenvalue weighted by Gasteiger charge is 2.38. The number of benzene rings is 1. The van der Waals surface area contributed by atoms with Crippen LogP contribution < -0.4 is 5.32 Å². The number of allylic oxidation sites excluding steroid dienone is 6. The van der Waals surface area contributed by atoms with E-state index in [1.54, 1.807) is 0 Å². The highest BCUT2D eigenvalue weighted by atomic mass is 15.0. The van der Waals surface area contributed by atoms with Gasteiger partial charge in [-0.15, -0.1) is 0 Å². The van der Waals surface area contributed by atoms with E-state index in [9.17, 15) is 0 Å². The molecular weight excluding hydrogens is 278 g/mol. The van der Waals surface area contributed by atoms with Crippen LogP contribution in [0.4, 0.5) is 0 Å². The first-order chi connectivity index (χ1) is 10.8. The van der Waals surface area contributed by atoms with Crippen LogP contribution >= 0.6 is 0 Å². The van der Waals surface area contributed by atoms with Crippen LogP contribution in [-0.2, 0) is 0 Å². The quantitative estimate of drug-likeness (QED) is 0.763. The highest BCUT2D eigenvalue weighted by molar-refractivity contribution is 5.36. The Bertz CT molecular complexity index is 596. The molecule has 23 heavy (non-hydrogen) atoms. The molecule has 1 aliphatic carbocycles. The van der Waals surface area contributed by atoms with Crippen molar-refractivity contribution in [3.05, 3.63) is 71.8 Å². The van der Waals surface area contributed by atoms with E-state index in [0.29, 0.717) is 11.8 Å². The lowest BCUT2D eigenvalue weighted by Gasteiger charge is -2.46. The minimum absolute atomic E-state index is 0.198. The standard InChI is InChI=1S/C22H29N/c1-21(2)15-20(16-22(3,4)23-21)19-13-11-18(12-14-19)17-9-7-5-6-8-10-17/h5-14,17,20,23H,15-16H2,1-4H3. The van der Waals surface area contributed by atoms with Crippen molar-refractivity contribution < 1.29 is 0 Å². The van der Waals surface area contributed by atoms with Gasteiger partial charge in [0.05, 0.1) is 0 Å². The van der Waals surface area contributed by atoms with E-state index < -0.39 is 0 Å². The van der Waals surface area contributed by atoms with E-state index >= 15 is 0 Å². The van der Waals surface area contributed by atoms with Gasteiger partial charge >= 0.3 is 0 Å². The minimum atomic E-state index is 0.198. The fraction of sp³-hybridized carbons (Fsp3) is 0.455. The first kappa shape index (κ1) is 16.3. The lowest BCUT2D eigenvalue weighted by atomic mass is 9.73. The molecule has 1 saturated heterocycles. The summed E-state index contributed by atoms with van der Waals surface area (Å²) in [6.45, 7) is 9.29. The van der Waals surface area contributed by atoms with E-state index in [4.69, 9.17) is 0 Å². The summed E-state index contributed by atoms with van der Waals surface area (Å²) in [5.41, 5.74) is 3.25. The third kappa shape index (κ3) is 4.03. The van der Waals surface area contributed by atoms with Crippen molar-refractivity contribution >= 4 is 0 Å². The number of hydrogen-bond donors (Lipinski definition) is 1. The molecule has 0 amide bonds. The first-order valence-corrected chi connectivity index (χ1v) is 8.76. The third-order valence-corrected chi connectivity index (χ3v) is 4.95. The number of rotatable bonds is 2. The van der Waals surface area contributed by atoms with Gasteiger partial charge in [-0.05, 0) is 57.6 Å². The second-order valence-corrected chi connectivity index (χ2v) is 8.35. The maximum atomic E-state index is 3.78. The zero-order chi connectivity index (χ0) is 16.5. The molecule has 0 unspecified atom stereocenters. The van der Waals surface area contributed by atoms with Crippen molar-refractivity contribution in [3.8, 4) is 0 Å². The predicted molar refractivity (Wildman–Crippen MR) is 99.9 cm³/mol. The fourth-order valence-electron chi connectivity index (χ4n) is 4.33. The van der Waals surface area contributed by atoms with Gasteiger partial charge in [0.2, 0.25) is 0 Å². The summed E-state index contributed by atoms with van der Waals surface area (Å²) >= 11 is 0. The molecule has 1 N–H and O–H groups in total. The summed E-state index contributed by atoms with van der Waals surface area (Å²) in [5.74, 6) is 1.03. The summed E-state index contributed by atoms with van der Waals surface area (Å²) in [7, 11) is 0. The van der Waals surface area contributed by atoms with Crippen LogP contribution in [0.15, 0.2) is 60.7 Å². The van der Waals surface area contributed by atoms with Crippen molar-refractivity contribution in [1.29, 1.82) is 0 Å². The van der Waals surface area contributed by atoms with E-state index in [2.05, 4.69) is 93.7 Å². The molecule has 2 aliphatic rings. The molecular formula is C22H29N. The van der Waals surface area contributed by atoms with Gasteiger partial charge in [0, 0.05) is 17.0 Å². The van der Waals surface area contributed by atoms with E-state index in [0.717, 1.165) is 0 Å². The van der Waals surface area contributed by atoms with Crippen molar-refractivity contribution in [2.45, 2.75) is 63.5 Å². The van der Waals surface area contributed by atoms with Gasteiger partial charge in [-0.25, -0.2) is 0 Å². The Balaban J connectivity index is 1.79. The summed E-state index contributed by atoms with van der Waals surface area (Å²) in [6.07, 6.45) is 15.4. The Labute approximate surface area is 141 Å². The molecule has 0 bridgehead atoms. The molecule has 3 rings (SSSR count). The van der Waals surface area contributed by atoms with Crippen LogP contribution in [0.25, 0.3) is 0 Å². The predicted octanol–water partition coefficient (Wildman–Crippen LogP) is 5.48. The lowest BCUT2D eigenvalue weighted by Crippen LogP contribution is -2.57. The largest absolute Gasteiger partial charge is 0.307 e. The second-order valence-electron chi connectivity index (χ2n) is 8.35. The van der Waals surface area contributed by atoms with Gasteiger partial charge in [-0.3, -0.25) is 0 Å². The van der Waals surface area contributed by atoms with Crippen LogP contribution in [0.1, 0.15) is 63.5 Å². The summed E-state index contributed by atoms with van der Waals surface area (Å²) in [5, 5.41) is 3.78. The van der Waals surface area contributed by atoms with Crippen molar-refractivity contribution in [1.82, 2.24) is 5.32 Å². The molecule has 1 heteroatoms. The SMILES string of the molecule is CC1(C)CC(c2ccc(C3C=CC=CC=C3)cc2)CC(C)(C)N1. The molecule has 1 aromatic carbocycles. The first-order valence-electron chi connectivity index (χ1n) is 8.76. The van der Waals surface area contributed by atoms with E-state index in [-0.39, 0.29) is 11.1 Å². The van der Waals surface area contributed by atoms with Gasteiger partial charge in [-0.2, -0.15) is 0 Å². The zero-order valence-corrected chi connectivity index (χ0v) is 14.8. The van der Waals surface area contributed by atoms with Crippen molar-refractivity contribution in [2.75, 3.05) is 0 Å². The Hall–Kier alpha value is -1.60. The average Bonchev–Trinajstić information content (AvgIpc) is 2.73.